The monoisotopic (exact) mass is 275 g/mol. The number of rotatable bonds is 8. The maximum atomic E-state index is 4.84. The van der Waals surface area contributed by atoms with E-state index in [4.69, 9.17) is 9.97 Å². The van der Waals surface area contributed by atoms with Gasteiger partial charge < -0.3 is 5.32 Å². The fourth-order valence-corrected chi connectivity index (χ4v) is 2.60. The Bertz CT molecular complexity index is 411. The molecule has 0 radical (unpaired) electrons. The molecule has 1 aliphatic rings. The lowest BCUT2D eigenvalue weighted by atomic mass is 10.0. The first-order valence-corrected chi connectivity index (χ1v) is 8.24. The van der Waals surface area contributed by atoms with Gasteiger partial charge in [0.15, 0.2) is 0 Å². The Kier molecular flexibility index (Phi) is 5.53. The van der Waals surface area contributed by atoms with Crippen LogP contribution in [0.25, 0.3) is 0 Å². The molecule has 20 heavy (non-hydrogen) atoms. The van der Waals surface area contributed by atoms with Gasteiger partial charge in [0, 0.05) is 17.3 Å². The molecule has 3 heteroatoms. The normalized spacial score (nSPS) is 15.1. The van der Waals surface area contributed by atoms with Crippen LogP contribution in [0.1, 0.15) is 69.2 Å². The molecule has 0 amide bonds. The van der Waals surface area contributed by atoms with Crippen molar-refractivity contribution >= 4 is 0 Å². The van der Waals surface area contributed by atoms with Gasteiger partial charge in [-0.1, -0.05) is 27.7 Å². The largest absolute Gasteiger partial charge is 0.316 e. The van der Waals surface area contributed by atoms with Gasteiger partial charge in [-0.15, -0.1) is 0 Å². The third-order valence-corrected chi connectivity index (χ3v) is 3.91. The summed E-state index contributed by atoms with van der Waals surface area (Å²) in [6.45, 7) is 11.0. The van der Waals surface area contributed by atoms with Gasteiger partial charge in [0.25, 0.3) is 0 Å². The molecule has 112 valence electrons. The Morgan fingerprint density at radius 1 is 1.10 bits per heavy atom. The Morgan fingerprint density at radius 2 is 1.70 bits per heavy atom. The van der Waals surface area contributed by atoms with Crippen LogP contribution >= 0.6 is 0 Å². The van der Waals surface area contributed by atoms with E-state index in [-0.39, 0.29) is 0 Å². The lowest BCUT2D eigenvalue weighted by molar-refractivity contribution is 0.552. The number of nitrogens with zero attached hydrogens (tertiary/aromatic N) is 2. The molecule has 1 aromatic heterocycles. The van der Waals surface area contributed by atoms with Crippen LogP contribution in [0.15, 0.2) is 0 Å². The summed E-state index contributed by atoms with van der Waals surface area (Å²) >= 11 is 0. The van der Waals surface area contributed by atoms with E-state index in [0.717, 1.165) is 38.2 Å². The lowest BCUT2D eigenvalue weighted by Crippen LogP contribution is -2.23. The van der Waals surface area contributed by atoms with E-state index in [0.29, 0.717) is 11.8 Å². The summed E-state index contributed by atoms with van der Waals surface area (Å²) in [6, 6.07) is 0. The molecule has 0 spiro atoms. The molecule has 2 rings (SSSR count). The molecule has 0 aromatic carbocycles. The van der Waals surface area contributed by atoms with Crippen molar-refractivity contribution in [2.75, 3.05) is 13.1 Å². The minimum atomic E-state index is 0.652. The summed E-state index contributed by atoms with van der Waals surface area (Å²) in [4.78, 5) is 9.67. The Balaban J connectivity index is 2.08. The van der Waals surface area contributed by atoms with E-state index < -0.39 is 0 Å². The highest BCUT2D eigenvalue weighted by molar-refractivity contribution is 5.28. The number of aromatic nitrogens is 2. The predicted octanol–water partition coefficient (Wildman–Crippen LogP) is 3.27. The summed E-state index contributed by atoms with van der Waals surface area (Å²) in [6.07, 6.45) is 5.66. The maximum absolute atomic E-state index is 4.84. The van der Waals surface area contributed by atoms with Crippen molar-refractivity contribution in [2.45, 2.75) is 65.7 Å². The third-order valence-electron chi connectivity index (χ3n) is 3.91. The van der Waals surface area contributed by atoms with Crippen molar-refractivity contribution in [3.63, 3.8) is 0 Å². The second-order valence-electron chi connectivity index (χ2n) is 6.28. The van der Waals surface area contributed by atoms with Gasteiger partial charge in [-0.25, -0.2) is 9.97 Å². The van der Waals surface area contributed by atoms with Gasteiger partial charge >= 0.3 is 0 Å². The van der Waals surface area contributed by atoms with E-state index in [2.05, 4.69) is 33.0 Å². The molecule has 1 N–H and O–H groups in total. The zero-order chi connectivity index (χ0) is 14.5. The maximum Gasteiger partial charge on any atom is 0.131 e. The molecule has 0 bridgehead atoms. The van der Waals surface area contributed by atoms with Crippen LogP contribution in [-0.2, 0) is 19.3 Å². The Hall–Kier alpha value is -0.960. The van der Waals surface area contributed by atoms with Gasteiger partial charge in [0.05, 0.1) is 0 Å². The fourth-order valence-electron chi connectivity index (χ4n) is 2.60. The molecule has 0 unspecified atom stereocenters. The minimum absolute atomic E-state index is 0.652. The first-order chi connectivity index (χ1) is 9.65. The van der Waals surface area contributed by atoms with Gasteiger partial charge in [-0.3, -0.25) is 0 Å². The lowest BCUT2D eigenvalue weighted by Gasteiger charge is -2.14. The number of nitrogens with one attached hydrogen (secondary N) is 1. The van der Waals surface area contributed by atoms with Crippen molar-refractivity contribution in [2.24, 2.45) is 5.92 Å². The smallest absolute Gasteiger partial charge is 0.131 e. The van der Waals surface area contributed by atoms with Crippen LogP contribution in [0, 0.1) is 5.92 Å². The summed E-state index contributed by atoms with van der Waals surface area (Å²) in [7, 11) is 0. The quantitative estimate of drug-likeness (QED) is 0.740. The van der Waals surface area contributed by atoms with Crippen LogP contribution in [0.3, 0.4) is 0 Å². The van der Waals surface area contributed by atoms with E-state index >= 15 is 0 Å². The molecular formula is C17H29N3. The molecular weight excluding hydrogens is 246 g/mol. The van der Waals surface area contributed by atoms with E-state index in [9.17, 15) is 0 Å². The molecule has 0 saturated heterocycles. The standard InChI is InChI=1S/C17H29N3/c1-5-15-14(9-10-18-11-12(3)4)16(6-2)20-17(19-15)13-7-8-13/h12-13,18H,5-11H2,1-4H3. The zero-order valence-electron chi connectivity index (χ0n) is 13.5. The minimum Gasteiger partial charge on any atom is -0.316 e. The number of hydrogen-bond donors (Lipinski definition) is 1. The van der Waals surface area contributed by atoms with E-state index in [1.165, 1.54) is 29.8 Å². The highest BCUT2D eigenvalue weighted by Crippen LogP contribution is 2.38. The fraction of sp³-hybridized carbons (Fsp3) is 0.765. The summed E-state index contributed by atoms with van der Waals surface area (Å²) in [5.41, 5.74) is 3.96. The Morgan fingerprint density at radius 3 is 2.15 bits per heavy atom. The average Bonchev–Trinajstić information content (AvgIpc) is 3.27. The van der Waals surface area contributed by atoms with Gasteiger partial charge in [0.2, 0.25) is 0 Å². The predicted molar refractivity (Wildman–Crippen MR) is 84.2 cm³/mol. The van der Waals surface area contributed by atoms with Crippen molar-refractivity contribution < 1.29 is 0 Å². The number of hydrogen-bond acceptors (Lipinski definition) is 3. The topological polar surface area (TPSA) is 37.8 Å². The molecule has 3 nitrogen and oxygen atoms in total. The molecule has 0 atom stereocenters. The van der Waals surface area contributed by atoms with Crippen molar-refractivity contribution in [1.29, 1.82) is 0 Å². The highest BCUT2D eigenvalue weighted by atomic mass is 14.9. The highest BCUT2D eigenvalue weighted by Gasteiger charge is 2.28. The number of aryl methyl sites for hydroxylation is 2. The molecule has 1 fully saturated rings. The third kappa shape index (κ3) is 4.02. The molecule has 1 aromatic rings. The van der Waals surface area contributed by atoms with Crippen LogP contribution in [0.4, 0.5) is 0 Å². The summed E-state index contributed by atoms with van der Waals surface area (Å²) < 4.78 is 0. The molecule has 1 aliphatic carbocycles. The summed E-state index contributed by atoms with van der Waals surface area (Å²) in [5.74, 6) is 2.47. The van der Waals surface area contributed by atoms with Gasteiger partial charge in [0.1, 0.15) is 5.82 Å². The van der Waals surface area contributed by atoms with E-state index in [1.807, 2.05) is 0 Å². The first kappa shape index (κ1) is 15.4. The summed E-state index contributed by atoms with van der Waals surface area (Å²) in [5, 5.41) is 3.53. The second kappa shape index (κ2) is 7.16. The first-order valence-electron chi connectivity index (χ1n) is 8.24. The van der Waals surface area contributed by atoms with E-state index in [1.54, 1.807) is 0 Å². The van der Waals surface area contributed by atoms with Gasteiger partial charge in [-0.2, -0.15) is 0 Å². The zero-order valence-corrected chi connectivity index (χ0v) is 13.5. The van der Waals surface area contributed by atoms with Crippen LogP contribution in [-0.4, -0.2) is 23.1 Å². The molecule has 1 heterocycles. The van der Waals surface area contributed by atoms with Gasteiger partial charge in [-0.05, 0) is 56.7 Å². The second-order valence-corrected chi connectivity index (χ2v) is 6.28. The van der Waals surface area contributed by atoms with Crippen LogP contribution in [0.5, 0.6) is 0 Å². The van der Waals surface area contributed by atoms with Crippen LogP contribution < -0.4 is 5.32 Å². The van der Waals surface area contributed by atoms with Crippen molar-refractivity contribution in [3.8, 4) is 0 Å². The Labute approximate surface area is 123 Å². The average molecular weight is 275 g/mol. The van der Waals surface area contributed by atoms with Crippen LogP contribution in [0.2, 0.25) is 0 Å². The molecule has 1 saturated carbocycles. The SMILES string of the molecule is CCc1nc(C2CC2)nc(CC)c1CCNCC(C)C. The van der Waals surface area contributed by atoms with Crippen molar-refractivity contribution in [3.05, 3.63) is 22.8 Å². The van der Waals surface area contributed by atoms with Crippen molar-refractivity contribution in [1.82, 2.24) is 15.3 Å². The molecule has 0 aliphatic heterocycles.